The van der Waals surface area contributed by atoms with Gasteiger partial charge in [-0.2, -0.15) is 0 Å². The van der Waals surface area contributed by atoms with Gasteiger partial charge in [-0.3, -0.25) is 4.79 Å². The summed E-state index contributed by atoms with van der Waals surface area (Å²) in [4.78, 5) is 16.2. The molecule has 0 aliphatic heterocycles. The van der Waals surface area contributed by atoms with E-state index in [-0.39, 0.29) is 52.4 Å². The average Bonchev–Trinajstić information content (AvgIpc) is 3.13. The third-order valence-corrected chi connectivity index (χ3v) is 4.75. The van der Waals surface area contributed by atoms with Crippen LogP contribution in [-0.2, 0) is 17.6 Å². The highest BCUT2D eigenvalue weighted by Crippen LogP contribution is 2.21. The molecule has 0 saturated carbocycles. The fourth-order valence-electron chi connectivity index (χ4n) is 2.63. The van der Waals surface area contributed by atoms with Crippen LogP contribution in [0.1, 0.15) is 57.3 Å². The van der Waals surface area contributed by atoms with Crippen LogP contribution in [0.15, 0.2) is 53.8 Å². The molecule has 1 heterocycles. The van der Waals surface area contributed by atoms with Crippen molar-refractivity contribution in [3.63, 3.8) is 0 Å². The van der Waals surface area contributed by atoms with Crippen LogP contribution < -0.4 is 11.1 Å². The minimum absolute atomic E-state index is 0.0594. The maximum absolute atomic E-state index is 12.2. The van der Waals surface area contributed by atoms with E-state index in [0.29, 0.717) is 24.2 Å². The molecule has 0 radical (unpaired) electrons. The number of amides is 1. The van der Waals surface area contributed by atoms with Gasteiger partial charge < -0.3 is 16.2 Å². The number of rotatable bonds is 9. The van der Waals surface area contributed by atoms with Gasteiger partial charge in [0.1, 0.15) is 0 Å². The first kappa shape index (κ1) is 13.5. The molecule has 1 aromatic heterocycles. The second-order valence-electron chi connectivity index (χ2n) is 6.52. The van der Waals surface area contributed by atoms with Gasteiger partial charge in [-0.1, -0.05) is 48.3 Å². The fraction of sp³-hybridized carbons (Fsp3) is 0.304. The molecule has 152 valence electrons. The second kappa shape index (κ2) is 10.2. The molecule has 2 aromatic carbocycles. The van der Waals surface area contributed by atoms with E-state index in [9.17, 15) is 9.90 Å². The number of thiazole rings is 1. The first-order valence-corrected chi connectivity index (χ1v) is 9.99. The number of aliphatic hydroxyl groups excluding tert-OH is 1. The Bertz CT molecular complexity index is 1240. The van der Waals surface area contributed by atoms with Crippen LogP contribution >= 0.6 is 11.3 Å². The molecule has 0 fully saturated rings. The van der Waals surface area contributed by atoms with Crippen LogP contribution in [0, 0.1) is 6.92 Å². The molecule has 3 aromatic rings. The average molecular weight is 417 g/mol. The number of nitrogens with two attached hydrogens (primary N) is 1. The Labute approximate surface area is 185 Å². The van der Waals surface area contributed by atoms with Gasteiger partial charge in [-0.05, 0) is 49.4 Å². The Hall–Kier alpha value is -2.70. The topological polar surface area (TPSA) is 88.2 Å². The van der Waals surface area contributed by atoms with Gasteiger partial charge in [0.15, 0.2) is 5.13 Å². The van der Waals surface area contributed by atoms with Crippen LogP contribution in [0.2, 0.25) is 0 Å². The molecule has 5 nitrogen and oxygen atoms in total. The minimum Gasteiger partial charge on any atom is -0.388 e. The van der Waals surface area contributed by atoms with Gasteiger partial charge >= 0.3 is 0 Å². The molecular weight excluding hydrogens is 382 g/mol. The highest BCUT2D eigenvalue weighted by atomic mass is 32.1. The quantitative estimate of drug-likeness (QED) is 0.473. The van der Waals surface area contributed by atoms with Crippen molar-refractivity contribution in [2.24, 2.45) is 0 Å². The van der Waals surface area contributed by atoms with Crippen molar-refractivity contribution in [1.29, 1.82) is 0 Å². The number of nitrogen functional groups attached to an aromatic ring is 1. The van der Waals surface area contributed by atoms with Crippen molar-refractivity contribution >= 4 is 28.1 Å². The Morgan fingerprint density at radius 1 is 1.28 bits per heavy atom. The lowest BCUT2D eigenvalue weighted by Gasteiger charge is -2.11. The lowest BCUT2D eigenvalue weighted by Crippen LogP contribution is -2.14. The molecule has 0 spiro atoms. The van der Waals surface area contributed by atoms with Gasteiger partial charge in [0, 0.05) is 13.8 Å². The molecule has 4 N–H and O–H groups in total. The molecule has 6 heteroatoms. The second-order valence-corrected chi connectivity index (χ2v) is 7.35. The zero-order valence-corrected chi connectivity index (χ0v) is 16.8. The van der Waals surface area contributed by atoms with Crippen LogP contribution in [0.5, 0.6) is 0 Å². The number of hydrogen-bond donors (Lipinski definition) is 3. The molecule has 0 unspecified atom stereocenters. The van der Waals surface area contributed by atoms with Crippen LogP contribution in [0.25, 0.3) is 0 Å². The molecule has 29 heavy (non-hydrogen) atoms. The number of aromatic nitrogens is 1. The van der Waals surface area contributed by atoms with Crippen LogP contribution in [-0.4, -0.2) is 16.0 Å². The third kappa shape index (κ3) is 6.69. The highest BCUT2D eigenvalue weighted by molar-refractivity contribution is 7.13. The zero-order valence-electron chi connectivity index (χ0n) is 23.0. The first-order valence-electron chi connectivity index (χ1n) is 12.7. The third-order valence-electron chi connectivity index (χ3n) is 4.11. The van der Waals surface area contributed by atoms with Crippen molar-refractivity contribution in [2.45, 2.75) is 45.1 Å². The maximum atomic E-state index is 12.2. The van der Waals surface area contributed by atoms with E-state index in [4.69, 9.17) is 15.3 Å². The highest BCUT2D eigenvalue weighted by Gasteiger charge is 2.08. The van der Waals surface area contributed by atoms with Crippen molar-refractivity contribution in [1.82, 2.24) is 4.98 Å². The monoisotopic (exact) mass is 416 g/mol. The summed E-state index contributed by atoms with van der Waals surface area (Å²) in [6.07, 6.45) is -3.24. The van der Waals surface area contributed by atoms with E-state index in [1.54, 1.807) is 24.3 Å². The first-order chi connectivity index (χ1) is 16.8. The Morgan fingerprint density at radius 2 is 2.00 bits per heavy atom. The van der Waals surface area contributed by atoms with Crippen molar-refractivity contribution < 1.29 is 19.5 Å². The summed E-state index contributed by atoms with van der Waals surface area (Å²) >= 11 is 1.01. The molecule has 0 aliphatic rings. The summed E-state index contributed by atoms with van der Waals surface area (Å²) < 4.78 is 56.3. The number of aliphatic hydroxyl groups is 1. The summed E-state index contributed by atoms with van der Waals surface area (Å²) in [5.41, 5.74) is 7.14. The number of nitrogens with one attached hydrogen (secondary N) is 1. The zero-order chi connectivity index (χ0) is 26.8. The number of carbonyl (C=O) groups is 1. The normalized spacial score (nSPS) is 15.9. The van der Waals surface area contributed by atoms with Crippen LogP contribution in [0.4, 0.5) is 10.8 Å². The number of benzene rings is 2. The Kier molecular flexibility index (Phi) is 4.74. The van der Waals surface area contributed by atoms with E-state index < -0.39 is 24.6 Å². The van der Waals surface area contributed by atoms with E-state index in [2.05, 4.69) is 10.3 Å². The minimum atomic E-state index is -2.16. The SMILES string of the molecule is [2H]c1sc(N)nc1CC(=O)Nc1ccc(CCCC([2H])([2H])[C@H](O)c2c([2H])c([2H])c(C)c([2H])c2[2H])cc1. The van der Waals surface area contributed by atoms with E-state index in [1.807, 2.05) is 0 Å². The lowest BCUT2D eigenvalue weighted by molar-refractivity contribution is -0.115. The standard InChI is InChI=1S/C23H27N3O2S/c1-16-6-10-18(11-7-16)21(27)5-3-2-4-17-8-12-19(13-9-17)25-22(28)14-20-15-29-23(24)26-20/h6-13,15,21,27H,2-5,14H2,1H3,(H2,24,26)(H,25,28)/t21-/m0/s1/i5D2,6D,7D,10D,11D,15D. The molecular formula is C23H27N3O2S. The molecule has 0 bridgehead atoms. The van der Waals surface area contributed by atoms with Crippen LogP contribution in [0.3, 0.4) is 0 Å². The Balaban J connectivity index is 1.57. The number of nitrogens with zero attached hydrogens (tertiary/aromatic N) is 1. The van der Waals surface area contributed by atoms with E-state index >= 15 is 0 Å². The summed E-state index contributed by atoms with van der Waals surface area (Å²) in [6.45, 7) is 1.45. The summed E-state index contributed by atoms with van der Waals surface area (Å²) in [5.74, 6) is -0.325. The van der Waals surface area contributed by atoms with Crippen molar-refractivity contribution in [3.8, 4) is 0 Å². The van der Waals surface area contributed by atoms with Gasteiger partial charge in [0.05, 0.1) is 25.1 Å². The molecule has 1 atom stereocenters. The van der Waals surface area contributed by atoms with Crippen molar-refractivity contribution in [3.05, 3.63) is 76.2 Å². The summed E-state index contributed by atoms with van der Waals surface area (Å²) in [7, 11) is 0. The van der Waals surface area contributed by atoms with Gasteiger partial charge in [-0.25, -0.2) is 4.98 Å². The van der Waals surface area contributed by atoms with Gasteiger partial charge in [0.25, 0.3) is 0 Å². The van der Waals surface area contributed by atoms with Gasteiger partial charge in [0.2, 0.25) is 5.91 Å². The van der Waals surface area contributed by atoms with E-state index in [0.717, 1.165) is 16.9 Å². The number of aryl methyl sites for hydroxylation is 1. The molecule has 3 rings (SSSR count). The predicted octanol–water partition coefficient (Wildman–Crippen LogP) is 4.66. The lowest BCUT2D eigenvalue weighted by atomic mass is 10.0. The molecule has 0 saturated heterocycles. The smallest absolute Gasteiger partial charge is 0.230 e. The largest absolute Gasteiger partial charge is 0.388 e. The maximum Gasteiger partial charge on any atom is 0.230 e. The van der Waals surface area contributed by atoms with Gasteiger partial charge in [-0.15, -0.1) is 11.3 Å². The molecule has 1 amide bonds. The predicted molar refractivity (Wildman–Crippen MR) is 119 cm³/mol. The molecule has 0 aliphatic carbocycles. The fourth-order valence-corrected chi connectivity index (χ4v) is 3.13. The van der Waals surface area contributed by atoms with Crippen molar-refractivity contribution in [2.75, 3.05) is 11.1 Å². The van der Waals surface area contributed by atoms with E-state index in [1.165, 1.54) is 6.92 Å². The summed E-state index contributed by atoms with van der Waals surface area (Å²) in [5, 5.41) is 13.8. The summed E-state index contributed by atoms with van der Waals surface area (Å²) in [6, 6.07) is 5.57. The number of carbonyl (C=O) groups excluding carboxylic acids is 1. The Morgan fingerprint density at radius 3 is 2.66 bits per heavy atom. The number of anilines is 2. The number of hydrogen-bond acceptors (Lipinski definition) is 5.